The topological polar surface area (TPSA) is 66.4 Å². The van der Waals surface area contributed by atoms with Gasteiger partial charge in [0.1, 0.15) is 22.0 Å². The Morgan fingerprint density at radius 2 is 2.00 bits per heavy atom. The minimum absolute atomic E-state index is 0. The van der Waals surface area contributed by atoms with E-state index in [1.165, 1.54) is 24.3 Å². The predicted molar refractivity (Wildman–Crippen MR) is 54.7 cm³/mol. The van der Waals surface area contributed by atoms with Gasteiger partial charge in [-0.25, -0.2) is 8.42 Å². The fraction of sp³-hybridized carbons (Fsp3) is 0.200. The molecule has 0 fully saturated rings. The largest absolute Gasteiger partial charge is 1.00 e. The molecule has 0 bridgehead atoms. The van der Waals surface area contributed by atoms with Gasteiger partial charge < -0.3 is 9.29 Å². The van der Waals surface area contributed by atoms with Crippen molar-refractivity contribution in [1.82, 2.24) is 0 Å². The van der Waals surface area contributed by atoms with Crippen LogP contribution in [0.1, 0.15) is 6.92 Å². The molecule has 1 aromatic rings. The summed E-state index contributed by atoms with van der Waals surface area (Å²) < 4.78 is 37.8. The summed E-state index contributed by atoms with van der Waals surface area (Å²) in [6, 6.07) is 5.72. The molecule has 0 saturated heterocycles. The Labute approximate surface area is 117 Å². The van der Waals surface area contributed by atoms with Crippen molar-refractivity contribution in [1.29, 1.82) is 0 Å². The Morgan fingerprint density at radius 1 is 1.44 bits per heavy atom. The molecular formula is C10H11NaO4S. The Hall–Kier alpha value is -0.330. The first-order valence-electron chi connectivity index (χ1n) is 4.29. The molecule has 16 heavy (non-hydrogen) atoms. The summed E-state index contributed by atoms with van der Waals surface area (Å²) in [5.74, 6) is 0.0555. The quantitative estimate of drug-likeness (QED) is 0.372. The van der Waals surface area contributed by atoms with Crippen LogP contribution in [-0.4, -0.2) is 19.1 Å². The molecule has 4 nitrogen and oxygen atoms in total. The Bertz CT molecular complexity index is 456. The van der Waals surface area contributed by atoms with Crippen molar-refractivity contribution in [3.8, 4) is 5.75 Å². The molecule has 1 aromatic carbocycles. The number of ether oxygens (including phenoxy) is 1. The van der Waals surface area contributed by atoms with Gasteiger partial charge in [0.2, 0.25) is 0 Å². The van der Waals surface area contributed by atoms with Gasteiger partial charge >= 0.3 is 29.6 Å². The molecule has 1 atom stereocenters. The number of rotatable bonds is 4. The zero-order valence-corrected chi connectivity index (χ0v) is 12.0. The van der Waals surface area contributed by atoms with Gasteiger partial charge in [-0.3, -0.25) is 0 Å². The number of hydrogen-bond acceptors (Lipinski definition) is 4. The molecular weight excluding hydrogens is 239 g/mol. The van der Waals surface area contributed by atoms with Crippen molar-refractivity contribution < 1.29 is 47.3 Å². The smallest absolute Gasteiger partial charge is 0.744 e. The van der Waals surface area contributed by atoms with Crippen LogP contribution in [0.2, 0.25) is 0 Å². The predicted octanol–water partition coefficient (Wildman–Crippen LogP) is -1.45. The first-order valence-corrected chi connectivity index (χ1v) is 5.70. The molecule has 6 heteroatoms. The third kappa shape index (κ3) is 4.27. The van der Waals surface area contributed by atoms with Crippen LogP contribution in [-0.2, 0) is 10.1 Å². The van der Waals surface area contributed by atoms with Crippen LogP contribution in [0.15, 0.2) is 41.8 Å². The van der Waals surface area contributed by atoms with Crippen LogP contribution in [0, 0.1) is 0 Å². The zero-order chi connectivity index (χ0) is 11.5. The molecule has 0 saturated carbocycles. The monoisotopic (exact) mass is 250 g/mol. The summed E-state index contributed by atoms with van der Waals surface area (Å²) >= 11 is 0. The normalized spacial score (nSPS) is 12.4. The summed E-state index contributed by atoms with van der Waals surface area (Å²) in [5.41, 5.74) is 0. The second-order valence-electron chi connectivity index (χ2n) is 2.96. The van der Waals surface area contributed by atoms with Gasteiger partial charge in [-0.15, -0.1) is 0 Å². The van der Waals surface area contributed by atoms with Crippen molar-refractivity contribution >= 4 is 10.1 Å². The van der Waals surface area contributed by atoms with Gasteiger partial charge in [0.15, 0.2) is 0 Å². The third-order valence-electron chi connectivity index (χ3n) is 1.76. The van der Waals surface area contributed by atoms with Gasteiger partial charge in [0, 0.05) is 0 Å². The van der Waals surface area contributed by atoms with Crippen molar-refractivity contribution in [3.63, 3.8) is 0 Å². The van der Waals surface area contributed by atoms with Gasteiger partial charge in [-0.1, -0.05) is 24.8 Å². The molecule has 0 aliphatic heterocycles. The van der Waals surface area contributed by atoms with E-state index in [-0.39, 0.29) is 46.3 Å². The molecule has 1 unspecified atom stereocenters. The van der Waals surface area contributed by atoms with Crippen molar-refractivity contribution in [2.24, 2.45) is 0 Å². The average molecular weight is 250 g/mol. The molecule has 0 amide bonds. The van der Waals surface area contributed by atoms with Crippen LogP contribution in [0.4, 0.5) is 0 Å². The second-order valence-corrected chi connectivity index (χ2v) is 4.31. The SMILES string of the molecule is C=CC(C)Oc1ccccc1S(=O)(=O)[O-].[Na+]. The Balaban J connectivity index is 0.00000225. The van der Waals surface area contributed by atoms with Crippen LogP contribution in [0.3, 0.4) is 0 Å². The van der Waals surface area contributed by atoms with E-state index in [1.807, 2.05) is 0 Å². The molecule has 0 aliphatic rings. The third-order valence-corrected chi connectivity index (χ3v) is 2.64. The van der Waals surface area contributed by atoms with Crippen molar-refractivity contribution in [3.05, 3.63) is 36.9 Å². The molecule has 0 N–H and O–H groups in total. The zero-order valence-electron chi connectivity index (χ0n) is 9.21. The molecule has 0 aromatic heterocycles. The minimum Gasteiger partial charge on any atom is -0.744 e. The molecule has 0 aliphatic carbocycles. The number of benzene rings is 1. The summed E-state index contributed by atoms with van der Waals surface area (Å²) in [6.07, 6.45) is 1.15. The fourth-order valence-corrected chi connectivity index (χ4v) is 1.61. The van der Waals surface area contributed by atoms with E-state index < -0.39 is 10.1 Å². The van der Waals surface area contributed by atoms with E-state index in [9.17, 15) is 13.0 Å². The van der Waals surface area contributed by atoms with Crippen molar-refractivity contribution in [2.75, 3.05) is 0 Å². The Kier molecular flexibility index (Phi) is 6.28. The molecule has 0 radical (unpaired) electrons. The number of para-hydroxylation sites is 1. The first-order chi connectivity index (χ1) is 6.95. The van der Waals surface area contributed by atoms with Gasteiger partial charge in [-0.2, -0.15) is 0 Å². The van der Waals surface area contributed by atoms with Gasteiger partial charge in [0.25, 0.3) is 0 Å². The van der Waals surface area contributed by atoms with Gasteiger partial charge in [0.05, 0.1) is 4.90 Å². The second kappa shape index (κ2) is 6.42. The maximum Gasteiger partial charge on any atom is 1.00 e. The average Bonchev–Trinajstić information content (AvgIpc) is 2.17. The first kappa shape index (κ1) is 15.7. The summed E-state index contributed by atoms with van der Waals surface area (Å²) in [7, 11) is -4.50. The van der Waals surface area contributed by atoms with Gasteiger partial charge in [-0.05, 0) is 19.1 Å². The standard InChI is InChI=1S/C10H12O4S.Na/c1-3-8(2)14-9-6-4-5-7-10(9)15(11,12)13;/h3-8H,1H2,2H3,(H,11,12,13);/q;+1/p-1. The minimum atomic E-state index is -4.50. The van der Waals surface area contributed by atoms with Crippen LogP contribution in [0.5, 0.6) is 5.75 Å². The van der Waals surface area contributed by atoms with E-state index in [1.54, 1.807) is 13.0 Å². The fourth-order valence-electron chi connectivity index (χ4n) is 1.00. The molecule has 0 heterocycles. The molecule has 1 rings (SSSR count). The van der Waals surface area contributed by atoms with E-state index >= 15 is 0 Å². The van der Waals surface area contributed by atoms with E-state index in [4.69, 9.17) is 4.74 Å². The number of hydrogen-bond donors (Lipinski definition) is 0. The molecule has 0 spiro atoms. The van der Waals surface area contributed by atoms with Crippen LogP contribution >= 0.6 is 0 Å². The maximum absolute atomic E-state index is 10.9. The summed E-state index contributed by atoms with van der Waals surface area (Å²) in [4.78, 5) is -0.348. The van der Waals surface area contributed by atoms with E-state index in [2.05, 4.69) is 6.58 Å². The van der Waals surface area contributed by atoms with Crippen molar-refractivity contribution in [2.45, 2.75) is 17.9 Å². The molecule has 82 valence electrons. The van der Waals surface area contributed by atoms with Crippen LogP contribution < -0.4 is 34.3 Å². The summed E-state index contributed by atoms with van der Waals surface area (Å²) in [5, 5.41) is 0. The van der Waals surface area contributed by atoms with Crippen LogP contribution in [0.25, 0.3) is 0 Å². The summed E-state index contributed by atoms with van der Waals surface area (Å²) in [6.45, 7) is 5.19. The van der Waals surface area contributed by atoms with E-state index in [0.29, 0.717) is 0 Å². The maximum atomic E-state index is 10.9. The van der Waals surface area contributed by atoms with E-state index in [0.717, 1.165) is 0 Å². The Morgan fingerprint density at radius 3 is 2.50 bits per heavy atom.